The quantitative estimate of drug-likeness (QED) is 0.609. The van der Waals surface area contributed by atoms with E-state index in [0.717, 1.165) is 16.9 Å². The minimum absolute atomic E-state index is 0.0146. The fourth-order valence-corrected chi connectivity index (χ4v) is 3.33. The molecule has 1 aromatic carbocycles. The van der Waals surface area contributed by atoms with Gasteiger partial charge in [0.05, 0.1) is 0 Å². The van der Waals surface area contributed by atoms with Crippen molar-refractivity contribution in [2.24, 2.45) is 11.8 Å². The van der Waals surface area contributed by atoms with Crippen LogP contribution in [0.4, 0.5) is 4.79 Å². The standard InChI is InChI=1S/C23H35NO5/c1-14(2)18-8-7-9-19(15(3)16-10-11-16)20(18)28-13-17(21(25)26)12-24-22(27)29-23(4,5)6/h7-9,14-17H,10-13H2,1-6H3,(H,24,27)(H,25,26)/t15-,17?/m1/s1. The van der Waals surface area contributed by atoms with E-state index >= 15 is 0 Å². The van der Waals surface area contributed by atoms with Crippen molar-refractivity contribution >= 4 is 12.1 Å². The summed E-state index contributed by atoms with van der Waals surface area (Å²) in [6.07, 6.45) is 1.82. The Labute approximate surface area is 174 Å². The molecule has 1 unspecified atom stereocenters. The molecular weight excluding hydrogens is 370 g/mol. The highest BCUT2D eigenvalue weighted by molar-refractivity contribution is 5.72. The summed E-state index contributed by atoms with van der Waals surface area (Å²) in [5.74, 6) is 0.229. The second kappa shape index (κ2) is 9.51. The fraction of sp³-hybridized carbons (Fsp3) is 0.652. The number of carboxylic acids is 1. The third-order valence-electron chi connectivity index (χ3n) is 5.19. The van der Waals surface area contributed by atoms with Crippen LogP contribution in [-0.4, -0.2) is 35.9 Å². The molecule has 0 spiro atoms. The van der Waals surface area contributed by atoms with Crippen LogP contribution < -0.4 is 10.1 Å². The highest BCUT2D eigenvalue weighted by Crippen LogP contribution is 2.46. The average molecular weight is 406 g/mol. The fourth-order valence-electron chi connectivity index (χ4n) is 3.33. The van der Waals surface area contributed by atoms with E-state index in [2.05, 4.69) is 38.2 Å². The number of hydrogen-bond donors (Lipinski definition) is 2. The van der Waals surface area contributed by atoms with Gasteiger partial charge in [0, 0.05) is 6.54 Å². The summed E-state index contributed by atoms with van der Waals surface area (Å²) >= 11 is 0. The van der Waals surface area contributed by atoms with Crippen LogP contribution in [0.2, 0.25) is 0 Å². The molecule has 1 saturated carbocycles. The predicted octanol–water partition coefficient (Wildman–Crippen LogP) is 4.93. The Morgan fingerprint density at radius 2 is 1.79 bits per heavy atom. The van der Waals surface area contributed by atoms with Gasteiger partial charge in [-0.3, -0.25) is 4.79 Å². The lowest BCUT2D eigenvalue weighted by Crippen LogP contribution is -2.39. The molecule has 0 heterocycles. The van der Waals surface area contributed by atoms with Gasteiger partial charge < -0.3 is 19.9 Å². The van der Waals surface area contributed by atoms with E-state index in [1.165, 1.54) is 12.8 Å². The number of rotatable bonds is 9. The maximum atomic E-state index is 11.9. The van der Waals surface area contributed by atoms with E-state index in [0.29, 0.717) is 11.8 Å². The number of nitrogens with one attached hydrogen (secondary N) is 1. The van der Waals surface area contributed by atoms with Crippen molar-refractivity contribution in [3.8, 4) is 5.75 Å². The van der Waals surface area contributed by atoms with E-state index in [4.69, 9.17) is 9.47 Å². The van der Waals surface area contributed by atoms with Gasteiger partial charge in [0.1, 0.15) is 23.9 Å². The Balaban J connectivity index is 2.10. The second-order valence-corrected chi connectivity index (χ2v) is 9.28. The molecule has 1 aliphatic carbocycles. The lowest BCUT2D eigenvalue weighted by molar-refractivity contribution is -0.142. The van der Waals surface area contributed by atoms with Crippen LogP contribution in [0.25, 0.3) is 0 Å². The molecule has 162 valence electrons. The van der Waals surface area contributed by atoms with Gasteiger partial charge in [-0.15, -0.1) is 0 Å². The van der Waals surface area contributed by atoms with Crippen LogP contribution in [-0.2, 0) is 9.53 Å². The summed E-state index contributed by atoms with van der Waals surface area (Å²) in [6.45, 7) is 11.6. The average Bonchev–Trinajstić information content (AvgIpc) is 3.44. The number of aliphatic carboxylic acids is 1. The monoisotopic (exact) mass is 405 g/mol. The zero-order valence-corrected chi connectivity index (χ0v) is 18.5. The van der Waals surface area contributed by atoms with Gasteiger partial charge in [-0.25, -0.2) is 4.79 Å². The summed E-state index contributed by atoms with van der Waals surface area (Å²) in [6, 6.07) is 6.17. The molecule has 0 aromatic heterocycles. The first kappa shape index (κ1) is 23.0. The molecule has 29 heavy (non-hydrogen) atoms. The molecule has 1 fully saturated rings. The highest BCUT2D eigenvalue weighted by Gasteiger charge is 2.32. The van der Waals surface area contributed by atoms with Crippen molar-refractivity contribution in [3.63, 3.8) is 0 Å². The van der Waals surface area contributed by atoms with Crippen molar-refractivity contribution in [2.75, 3.05) is 13.2 Å². The molecule has 2 atom stereocenters. The van der Waals surface area contributed by atoms with Crippen molar-refractivity contribution in [2.45, 2.75) is 71.8 Å². The number of alkyl carbamates (subject to hydrolysis) is 1. The van der Waals surface area contributed by atoms with E-state index in [1.807, 2.05) is 6.07 Å². The number of ether oxygens (including phenoxy) is 2. The van der Waals surface area contributed by atoms with E-state index in [-0.39, 0.29) is 19.1 Å². The van der Waals surface area contributed by atoms with Crippen LogP contribution in [0.3, 0.4) is 0 Å². The molecule has 6 heteroatoms. The molecule has 2 N–H and O–H groups in total. The Hall–Kier alpha value is -2.24. The third-order valence-corrected chi connectivity index (χ3v) is 5.19. The number of benzene rings is 1. The lowest BCUT2D eigenvalue weighted by atomic mass is 9.90. The number of carbonyl (C=O) groups is 2. The summed E-state index contributed by atoms with van der Waals surface area (Å²) in [5, 5.41) is 12.1. The molecule has 6 nitrogen and oxygen atoms in total. The topological polar surface area (TPSA) is 84.9 Å². The second-order valence-electron chi connectivity index (χ2n) is 9.28. The van der Waals surface area contributed by atoms with Gasteiger partial charge in [0.25, 0.3) is 0 Å². The minimum atomic E-state index is -1.01. The maximum Gasteiger partial charge on any atom is 0.407 e. The van der Waals surface area contributed by atoms with Crippen LogP contribution in [0, 0.1) is 11.8 Å². The van der Waals surface area contributed by atoms with Gasteiger partial charge in [-0.1, -0.05) is 39.0 Å². The van der Waals surface area contributed by atoms with Gasteiger partial charge >= 0.3 is 12.1 Å². The molecular formula is C23H35NO5. The maximum absolute atomic E-state index is 11.9. The van der Waals surface area contributed by atoms with Crippen LogP contribution in [0.5, 0.6) is 5.75 Å². The Morgan fingerprint density at radius 3 is 2.31 bits per heavy atom. The van der Waals surface area contributed by atoms with Crippen LogP contribution in [0.15, 0.2) is 18.2 Å². The molecule has 1 aromatic rings. The number of hydrogen-bond acceptors (Lipinski definition) is 4. The van der Waals surface area contributed by atoms with Crippen LogP contribution in [0.1, 0.15) is 77.3 Å². The predicted molar refractivity (Wildman–Crippen MR) is 113 cm³/mol. The number of para-hydroxylation sites is 1. The van der Waals surface area contributed by atoms with E-state index < -0.39 is 23.6 Å². The summed E-state index contributed by atoms with van der Waals surface area (Å²) in [7, 11) is 0. The smallest absolute Gasteiger partial charge is 0.407 e. The third kappa shape index (κ3) is 6.94. The largest absolute Gasteiger partial charge is 0.492 e. The molecule has 2 rings (SSSR count). The normalized spacial score (nSPS) is 16.2. The van der Waals surface area contributed by atoms with E-state index in [9.17, 15) is 14.7 Å². The molecule has 1 aliphatic rings. The summed E-state index contributed by atoms with van der Waals surface area (Å²) in [4.78, 5) is 23.6. The molecule has 0 bridgehead atoms. The van der Waals surface area contributed by atoms with Gasteiger partial charge in [-0.05, 0) is 62.5 Å². The van der Waals surface area contributed by atoms with Crippen molar-refractivity contribution in [3.05, 3.63) is 29.3 Å². The number of carboxylic acid groups (broad SMARTS) is 1. The first-order valence-corrected chi connectivity index (χ1v) is 10.4. The first-order valence-electron chi connectivity index (χ1n) is 10.4. The SMILES string of the molecule is CC(C)c1cccc([C@H](C)C2CC2)c1OCC(CNC(=O)OC(C)(C)C)C(=O)O. The van der Waals surface area contributed by atoms with Gasteiger partial charge in [0.15, 0.2) is 0 Å². The van der Waals surface area contributed by atoms with Crippen molar-refractivity contribution in [1.29, 1.82) is 0 Å². The molecule has 0 saturated heterocycles. The Kier molecular flexibility index (Phi) is 7.55. The zero-order chi connectivity index (χ0) is 21.8. The Morgan fingerprint density at radius 1 is 1.17 bits per heavy atom. The Bertz CT molecular complexity index is 718. The van der Waals surface area contributed by atoms with E-state index in [1.54, 1.807) is 20.8 Å². The van der Waals surface area contributed by atoms with Gasteiger partial charge in [-0.2, -0.15) is 0 Å². The molecule has 0 radical (unpaired) electrons. The minimum Gasteiger partial charge on any atom is -0.492 e. The van der Waals surface area contributed by atoms with Crippen molar-refractivity contribution in [1.82, 2.24) is 5.32 Å². The molecule has 0 aliphatic heterocycles. The molecule has 1 amide bonds. The number of amides is 1. The van der Waals surface area contributed by atoms with Crippen molar-refractivity contribution < 1.29 is 24.2 Å². The lowest BCUT2D eigenvalue weighted by Gasteiger charge is -2.24. The zero-order valence-electron chi connectivity index (χ0n) is 18.5. The first-order chi connectivity index (χ1) is 13.5. The number of carbonyl (C=O) groups excluding carboxylic acids is 1. The van der Waals surface area contributed by atoms with Gasteiger partial charge in [0.2, 0.25) is 0 Å². The summed E-state index contributed by atoms with van der Waals surface area (Å²) in [5.41, 5.74) is 1.59. The summed E-state index contributed by atoms with van der Waals surface area (Å²) < 4.78 is 11.3. The van der Waals surface area contributed by atoms with Crippen LogP contribution >= 0.6 is 0 Å². The highest BCUT2D eigenvalue weighted by atomic mass is 16.6.